The van der Waals surface area contributed by atoms with Crippen molar-refractivity contribution in [3.8, 4) is 0 Å². The molecule has 2 amide bonds. The van der Waals surface area contributed by atoms with Gasteiger partial charge in [-0.25, -0.2) is 4.39 Å². The second-order valence-electron chi connectivity index (χ2n) is 9.54. The number of likely N-dealkylation sites (N-methyl/N-ethyl adjacent to an activating group) is 1. The van der Waals surface area contributed by atoms with Crippen LogP contribution < -0.4 is 0 Å². The number of hydrogen-bond donors (Lipinski definition) is 0. The molecule has 2 aliphatic heterocycles. The molecule has 1 spiro atoms. The molecule has 0 saturated carbocycles. The van der Waals surface area contributed by atoms with Gasteiger partial charge >= 0.3 is 0 Å². The summed E-state index contributed by atoms with van der Waals surface area (Å²) in [6.07, 6.45) is 6.31. The number of carbonyl (C=O) groups excluding carboxylic acids is 2. The summed E-state index contributed by atoms with van der Waals surface area (Å²) in [5.41, 5.74) is 2.09. The van der Waals surface area contributed by atoms with Gasteiger partial charge in [0.1, 0.15) is 5.82 Å². The van der Waals surface area contributed by atoms with Gasteiger partial charge in [-0.1, -0.05) is 30.3 Å². The monoisotopic (exact) mass is 460 g/mol. The highest BCUT2D eigenvalue weighted by Crippen LogP contribution is 2.45. The van der Waals surface area contributed by atoms with E-state index in [0.29, 0.717) is 44.5 Å². The average Bonchev–Trinajstić information content (AvgIpc) is 3.43. The molecule has 1 atom stereocenters. The summed E-state index contributed by atoms with van der Waals surface area (Å²) in [5.74, 6) is -0.0911. The van der Waals surface area contributed by atoms with E-state index in [-0.39, 0.29) is 23.7 Å². The number of piperidine rings is 1. The molecule has 5 rings (SSSR count). The van der Waals surface area contributed by atoms with Crippen molar-refractivity contribution in [3.05, 3.63) is 89.5 Å². The van der Waals surface area contributed by atoms with E-state index < -0.39 is 5.41 Å². The molecule has 1 aromatic heterocycles. The molecule has 3 aromatic rings. The zero-order chi connectivity index (χ0) is 23.7. The normalized spacial score (nSPS) is 19.7. The van der Waals surface area contributed by atoms with Gasteiger partial charge in [0.25, 0.3) is 5.91 Å². The number of aromatic nitrogens is 2. The van der Waals surface area contributed by atoms with Gasteiger partial charge in [0.05, 0.1) is 12.0 Å². The van der Waals surface area contributed by atoms with Gasteiger partial charge in [0.2, 0.25) is 5.91 Å². The highest BCUT2D eigenvalue weighted by atomic mass is 19.1. The van der Waals surface area contributed by atoms with Gasteiger partial charge in [-0.2, -0.15) is 5.10 Å². The van der Waals surface area contributed by atoms with Crippen LogP contribution in [0.4, 0.5) is 4.39 Å². The summed E-state index contributed by atoms with van der Waals surface area (Å²) in [7, 11) is 1.85. The Morgan fingerprint density at radius 1 is 1.12 bits per heavy atom. The predicted molar refractivity (Wildman–Crippen MR) is 127 cm³/mol. The number of hydrogen-bond acceptors (Lipinski definition) is 3. The molecule has 2 aliphatic rings. The maximum absolute atomic E-state index is 13.6. The topological polar surface area (TPSA) is 58.4 Å². The van der Waals surface area contributed by atoms with Crippen LogP contribution in [0.3, 0.4) is 0 Å². The van der Waals surface area contributed by atoms with Crippen molar-refractivity contribution < 1.29 is 14.0 Å². The van der Waals surface area contributed by atoms with Gasteiger partial charge in [-0.05, 0) is 61.1 Å². The molecule has 34 heavy (non-hydrogen) atoms. The number of likely N-dealkylation sites (tertiary alicyclic amines) is 2. The van der Waals surface area contributed by atoms with Gasteiger partial charge in [0.15, 0.2) is 0 Å². The van der Waals surface area contributed by atoms with Crippen molar-refractivity contribution in [3.63, 3.8) is 0 Å². The van der Waals surface area contributed by atoms with E-state index in [1.807, 2.05) is 64.1 Å². The summed E-state index contributed by atoms with van der Waals surface area (Å²) in [6.45, 7) is 1.65. The standard InChI is InChI=1S/C27H29FN4O2/c1-30-23(17-20-6-4-8-22(28)16-20)18-27(26(30)34)10-14-31(15-11-27)25(33)24-9-3-2-7-21(24)19-32-13-5-12-29-32/h2-9,12-13,16,23H,10-11,14-15,17-19H2,1H3. The number of nitrogens with zero attached hydrogens (tertiary/aromatic N) is 4. The molecule has 2 saturated heterocycles. The second kappa shape index (κ2) is 9.05. The largest absolute Gasteiger partial charge is 0.342 e. The van der Waals surface area contributed by atoms with Crippen molar-refractivity contribution in [2.24, 2.45) is 5.41 Å². The molecule has 0 aliphatic carbocycles. The van der Waals surface area contributed by atoms with E-state index in [4.69, 9.17) is 0 Å². The molecule has 6 nitrogen and oxygen atoms in total. The van der Waals surface area contributed by atoms with E-state index in [1.165, 1.54) is 6.07 Å². The minimum Gasteiger partial charge on any atom is -0.342 e. The van der Waals surface area contributed by atoms with Crippen LogP contribution in [-0.2, 0) is 17.8 Å². The van der Waals surface area contributed by atoms with Crippen LogP contribution in [0, 0.1) is 11.2 Å². The fourth-order valence-electron chi connectivity index (χ4n) is 5.52. The molecule has 0 N–H and O–H groups in total. The molecule has 0 bridgehead atoms. The van der Waals surface area contributed by atoms with Gasteiger partial charge in [-0.15, -0.1) is 0 Å². The maximum Gasteiger partial charge on any atom is 0.254 e. The zero-order valence-electron chi connectivity index (χ0n) is 19.4. The van der Waals surface area contributed by atoms with E-state index >= 15 is 0 Å². The minimum absolute atomic E-state index is 0.00715. The lowest BCUT2D eigenvalue weighted by Gasteiger charge is -2.38. The summed E-state index contributed by atoms with van der Waals surface area (Å²) in [6, 6.07) is 16.2. The average molecular weight is 461 g/mol. The predicted octanol–water partition coefficient (Wildman–Crippen LogP) is 3.77. The number of amides is 2. The van der Waals surface area contributed by atoms with Gasteiger partial charge < -0.3 is 9.80 Å². The molecule has 1 unspecified atom stereocenters. The van der Waals surface area contributed by atoms with Crippen LogP contribution in [-0.4, -0.2) is 57.6 Å². The summed E-state index contributed by atoms with van der Waals surface area (Å²) >= 11 is 0. The van der Waals surface area contributed by atoms with Crippen LogP contribution in [0.15, 0.2) is 67.0 Å². The first kappa shape index (κ1) is 22.3. The van der Waals surface area contributed by atoms with Crippen molar-refractivity contribution >= 4 is 11.8 Å². The Bertz CT molecular complexity index is 1180. The van der Waals surface area contributed by atoms with Crippen molar-refractivity contribution in [2.45, 2.75) is 38.3 Å². The first-order chi connectivity index (χ1) is 16.4. The Kier molecular flexibility index (Phi) is 5.94. The van der Waals surface area contributed by atoms with Crippen LogP contribution in [0.1, 0.15) is 40.7 Å². The molecular formula is C27H29FN4O2. The number of carbonyl (C=O) groups is 2. The van der Waals surface area contributed by atoms with E-state index in [2.05, 4.69) is 5.10 Å². The summed E-state index contributed by atoms with van der Waals surface area (Å²) in [5, 5.41) is 4.26. The third kappa shape index (κ3) is 4.22. The SMILES string of the molecule is CN1C(=O)C2(CCN(C(=O)c3ccccc3Cn3cccn3)CC2)CC1Cc1cccc(F)c1. The third-order valence-corrected chi connectivity index (χ3v) is 7.46. The quantitative estimate of drug-likeness (QED) is 0.583. The highest BCUT2D eigenvalue weighted by Gasteiger charge is 2.51. The Labute approximate surface area is 199 Å². The number of benzene rings is 2. The Morgan fingerprint density at radius 3 is 2.65 bits per heavy atom. The number of halogens is 1. The summed E-state index contributed by atoms with van der Waals surface area (Å²) in [4.78, 5) is 30.4. The van der Waals surface area contributed by atoms with Crippen molar-refractivity contribution in [1.29, 1.82) is 0 Å². The zero-order valence-corrected chi connectivity index (χ0v) is 19.4. The van der Waals surface area contributed by atoms with Crippen LogP contribution in [0.2, 0.25) is 0 Å². The molecular weight excluding hydrogens is 431 g/mol. The minimum atomic E-state index is -0.432. The smallest absolute Gasteiger partial charge is 0.254 e. The molecule has 7 heteroatoms. The Morgan fingerprint density at radius 2 is 1.91 bits per heavy atom. The molecule has 0 radical (unpaired) electrons. The van der Waals surface area contributed by atoms with Crippen LogP contribution in [0.25, 0.3) is 0 Å². The Hall–Kier alpha value is -3.48. The maximum atomic E-state index is 13.6. The van der Waals surface area contributed by atoms with E-state index in [1.54, 1.807) is 18.3 Å². The molecule has 176 valence electrons. The highest BCUT2D eigenvalue weighted by molar-refractivity contribution is 5.96. The molecule has 3 heterocycles. The van der Waals surface area contributed by atoms with E-state index in [9.17, 15) is 14.0 Å². The lowest BCUT2D eigenvalue weighted by atomic mass is 9.75. The fourth-order valence-corrected chi connectivity index (χ4v) is 5.52. The summed E-state index contributed by atoms with van der Waals surface area (Å²) < 4.78 is 15.4. The van der Waals surface area contributed by atoms with Gasteiger partial charge in [-0.3, -0.25) is 14.3 Å². The third-order valence-electron chi connectivity index (χ3n) is 7.46. The fraction of sp³-hybridized carbons (Fsp3) is 0.370. The molecule has 2 fully saturated rings. The van der Waals surface area contributed by atoms with Gasteiger partial charge in [0, 0.05) is 44.1 Å². The Balaban J connectivity index is 1.26. The van der Waals surface area contributed by atoms with Crippen LogP contribution in [0.5, 0.6) is 0 Å². The van der Waals surface area contributed by atoms with Crippen molar-refractivity contribution in [2.75, 3.05) is 20.1 Å². The molecule has 2 aromatic carbocycles. The lowest BCUT2D eigenvalue weighted by molar-refractivity contribution is -0.137. The first-order valence-electron chi connectivity index (χ1n) is 11.8. The van der Waals surface area contributed by atoms with E-state index in [0.717, 1.165) is 17.5 Å². The van der Waals surface area contributed by atoms with Crippen molar-refractivity contribution in [1.82, 2.24) is 19.6 Å². The van der Waals surface area contributed by atoms with Crippen LogP contribution >= 0.6 is 0 Å². The lowest BCUT2D eigenvalue weighted by Crippen LogP contribution is -2.46. The second-order valence-corrected chi connectivity index (χ2v) is 9.54. The number of rotatable bonds is 5. The first-order valence-corrected chi connectivity index (χ1v) is 11.8.